The number of urea groups is 1. The van der Waals surface area contributed by atoms with Gasteiger partial charge in [-0.3, -0.25) is 0 Å². The Labute approximate surface area is 90.3 Å². The van der Waals surface area contributed by atoms with Gasteiger partial charge < -0.3 is 9.80 Å². The molecule has 0 aliphatic carbocycles. The number of alkyl halides is 2. The molecule has 0 atom stereocenters. The van der Waals surface area contributed by atoms with E-state index in [1.54, 1.807) is 23.9 Å². The van der Waals surface area contributed by atoms with Crippen molar-refractivity contribution in [3.8, 4) is 0 Å². The molecule has 0 rings (SSSR count). The molecule has 0 aromatic carbocycles. The highest BCUT2D eigenvalue weighted by molar-refractivity contribution is 9.09. The van der Waals surface area contributed by atoms with Gasteiger partial charge in [-0.15, -0.1) is 0 Å². The van der Waals surface area contributed by atoms with E-state index in [1.807, 2.05) is 0 Å². The van der Waals surface area contributed by atoms with Gasteiger partial charge in [-0.2, -0.15) is 0 Å². The fourth-order valence-electron chi connectivity index (χ4n) is 0.736. The van der Waals surface area contributed by atoms with E-state index in [2.05, 4.69) is 31.9 Å². The second-order valence-corrected chi connectivity index (χ2v) is 4.09. The standard InChI is InChI=1S/C7H14Br2N2O/c1-10(5-3-8)7(12)11(2)6-4-9/h3-6H2,1-2H3. The number of hydrogen-bond acceptors (Lipinski definition) is 1. The maximum absolute atomic E-state index is 11.4. The lowest BCUT2D eigenvalue weighted by atomic mass is 10.6. The lowest BCUT2D eigenvalue weighted by Crippen LogP contribution is -2.40. The van der Waals surface area contributed by atoms with Crippen LogP contribution in [0.5, 0.6) is 0 Å². The van der Waals surface area contributed by atoms with Crippen LogP contribution in [0.1, 0.15) is 0 Å². The Balaban J connectivity index is 3.82. The molecule has 72 valence electrons. The molecule has 0 saturated carbocycles. The van der Waals surface area contributed by atoms with Gasteiger partial charge in [0, 0.05) is 37.8 Å². The maximum atomic E-state index is 11.4. The quantitative estimate of drug-likeness (QED) is 0.726. The van der Waals surface area contributed by atoms with Crippen LogP contribution in [0.4, 0.5) is 4.79 Å². The molecule has 0 fully saturated rings. The topological polar surface area (TPSA) is 23.6 Å². The van der Waals surface area contributed by atoms with Crippen LogP contribution >= 0.6 is 31.9 Å². The van der Waals surface area contributed by atoms with Crippen molar-refractivity contribution < 1.29 is 4.79 Å². The Bertz CT molecular complexity index is 129. The van der Waals surface area contributed by atoms with Crippen LogP contribution < -0.4 is 0 Å². The van der Waals surface area contributed by atoms with Crippen LogP contribution in [0.15, 0.2) is 0 Å². The first-order valence-corrected chi connectivity index (χ1v) is 5.96. The summed E-state index contributed by atoms with van der Waals surface area (Å²) in [5, 5.41) is 1.63. The molecule has 3 nitrogen and oxygen atoms in total. The summed E-state index contributed by atoms with van der Waals surface area (Å²) in [6.45, 7) is 1.48. The van der Waals surface area contributed by atoms with Crippen LogP contribution in [0, 0.1) is 0 Å². The highest BCUT2D eigenvalue weighted by atomic mass is 79.9. The van der Waals surface area contributed by atoms with Gasteiger partial charge in [0.1, 0.15) is 0 Å². The maximum Gasteiger partial charge on any atom is 0.319 e. The Morgan fingerprint density at radius 1 is 1.08 bits per heavy atom. The van der Waals surface area contributed by atoms with Gasteiger partial charge in [0.2, 0.25) is 0 Å². The molecular formula is C7H14Br2N2O. The van der Waals surface area contributed by atoms with Crippen LogP contribution in [0.25, 0.3) is 0 Å². The van der Waals surface area contributed by atoms with E-state index in [0.717, 1.165) is 23.7 Å². The van der Waals surface area contributed by atoms with Crippen molar-refractivity contribution in [2.75, 3.05) is 37.8 Å². The van der Waals surface area contributed by atoms with Gasteiger partial charge in [0.25, 0.3) is 0 Å². The lowest BCUT2D eigenvalue weighted by Gasteiger charge is -2.23. The minimum absolute atomic E-state index is 0.0638. The fourth-order valence-corrected chi connectivity index (χ4v) is 1.80. The molecule has 0 aliphatic rings. The van der Waals surface area contributed by atoms with E-state index >= 15 is 0 Å². The van der Waals surface area contributed by atoms with Crippen molar-refractivity contribution in [1.82, 2.24) is 9.80 Å². The van der Waals surface area contributed by atoms with Gasteiger partial charge in [-0.1, -0.05) is 31.9 Å². The highest BCUT2D eigenvalue weighted by Gasteiger charge is 2.11. The molecule has 0 aromatic rings. The van der Waals surface area contributed by atoms with Crippen molar-refractivity contribution in [3.63, 3.8) is 0 Å². The second-order valence-electron chi connectivity index (χ2n) is 2.50. The largest absolute Gasteiger partial charge is 0.327 e. The number of carbonyl (C=O) groups is 1. The third kappa shape index (κ3) is 4.30. The summed E-state index contributed by atoms with van der Waals surface area (Å²) in [6.07, 6.45) is 0. The second kappa shape index (κ2) is 6.71. The Kier molecular flexibility index (Phi) is 6.84. The summed E-state index contributed by atoms with van der Waals surface area (Å²) in [4.78, 5) is 14.8. The normalized spacial score (nSPS) is 9.67. The predicted octanol–water partition coefficient (Wildman–Crippen LogP) is 1.76. The van der Waals surface area contributed by atoms with Gasteiger partial charge in [-0.25, -0.2) is 4.79 Å². The fraction of sp³-hybridized carbons (Fsp3) is 0.857. The summed E-state index contributed by atoms with van der Waals surface area (Å²) in [6, 6.07) is 0.0638. The molecule has 0 saturated heterocycles. The van der Waals surface area contributed by atoms with Crippen molar-refractivity contribution in [2.45, 2.75) is 0 Å². The van der Waals surface area contributed by atoms with Gasteiger partial charge in [0.15, 0.2) is 0 Å². The summed E-state index contributed by atoms with van der Waals surface area (Å²) < 4.78 is 0. The average Bonchev–Trinajstić information content (AvgIpc) is 2.04. The third-order valence-electron chi connectivity index (χ3n) is 1.49. The number of hydrogen-bond donors (Lipinski definition) is 0. The van der Waals surface area contributed by atoms with E-state index in [0.29, 0.717) is 0 Å². The molecule has 0 aromatic heterocycles. The number of halogens is 2. The van der Waals surface area contributed by atoms with E-state index in [-0.39, 0.29) is 6.03 Å². The van der Waals surface area contributed by atoms with Gasteiger partial charge >= 0.3 is 6.03 Å². The van der Waals surface area contributed by atoms with Crippen LogP contribution in [0.3, 0.4) is 0 Å². The molecule has 0 N–H and O–H groups in total. The van der Waals surface area contributed by atoms with Crippen molar-refractivity contribution >= 4 is 37.9 Å². The summed E-state index contributed by atoms with van der Waals surface area (Å²) in [5.41, 5.74) is 0. The van der Waals surface area contributed by atoms with E-state index in [9.17, 15) is 4.79 Å². The highest BCUT2D eigenvalue weighted by Crippen LogP contribution is 1.96. The van der Waals surface area contributed by atoms with Crippen LogP contribution in [-0.4, -0.2) is 53.7 Å². The number of nitrogens with zero attached hydrogens (tertiary/aromatic N) is 2. The molecule has 5 heteroatoms. The summed E-state index contributed by atoms with van der Waals surface area (Å²) >= 11 is 6.57. The molecule has 0 heterocycles. The SMILES string of the molecule is CN(CCBr)C(=O)N(C)CCBr. The Morgan fingerprint density at radius 3 is 1.67 bits per heavy atom. The first kappa shape index (κ1) is 12.2. The number of amides is 2. The molecule has 0 spiro atoms. The van der Waals surface area contributed by atoms with Gasteiger partial charge in [-0.05, 0) is 0 Å². The van der Waals surface area contributed by atoms with Gasteiger partial charge in [0.05, 0.1) is 0 Å². The smallest absolute Gasteiger partial charge is 0.319 e. The zero-order valence-electron chi connectivity index (χ0n) is 7.39. The molecule has 0 unspecified atom stereocenters. The zero-order valence-corrected chi connectivity index (χ0v) is 10.6. The van der Waals surface area contributed by atoms with Crippen molar-refractivity contribution in [2.24, 2.45) is 0 Å². The van der Waals surface area contributed by atoms with E-state index in [1.165, 1.54) is 0 Å². The molecule has 2 amide bonds. The molecule has 0 radical (unpaired) electrons. The predicted molar refractivity (Wildman–Crippen MR) is 58.2 cm³/mol. The van der Waals surface area contributed by atoms with E-state index < -0.39 is 0 Å². The lowest BCUT2D eigenvalue weighted by molar-refractivity contribution is 0.178. The van der Waals surface area contributed by atoms with Crippen LogP contribution in [0.2, 0.25) is 0 Å². The summed E-state index contributed by atoms with van der Waals surface area (Å²) in [7, 11) is 3.60. The van der Waals surface area contributed by atoms with Crippen molar-refractivity contribution in [1.29, 1.82) is 0 Å². The number of carbonyl (C=O) groups excluding carboxylic acids is 1. The third-order valence-corrected chi connectivity index (χ3v) is 2.20. The molecule has 0 bridgehead atoms. The molecule has 12 heavy (non-hydrogen) atoms. The van der Waals surface area contributed by atoms with E-state index in [4.69, 9.17) is 0 Å². The van der Waals surface area contributed by atoms with Crippen molar-refractivity contribution in [3.05, 3.63) is 0 Å². The Hall–Kier alpha value is 0.230. The Morgan fingerprint density at radius 2 is 1.42 bits per heavy atom. The first-order valence-electron chi connectivity index (χ1n) is 3.71. The summed E-state index contributed by atoms with van der Waals surface area (Å²) in [5.74, 6) is 0. The minimum Gasteiger partial charge on any atom is -0.327 e. The molecular weight excluding hydrogens is 288 g/mol. The monoisotopic (exact) mass is 300 g/mol. The first-order chi connectivity index (χ1) is 5.63. The average molecular weight is 302 g/mol. The number of rotatable bonds is 4. The zero-order chi connectivity index (χ0) is 9.56. The molecule has 0 aliphatic heterocycles. The minimum atomic E-state index is 0.0638. The van der Waals surface area contributed by atoms with Crippen LogP contribution in [-0.2, 0) is 0 Å².